The summed E-state index contributed by atoms with van der Waals surface area (Å²) in [5.41, 5.74) is 0.0184. The van der Waals surface area contributed by atoms with E-state index in [9.17, 15) is 18.3 Å². The van der Waals surface area contributed by atoms with Gasteiger partial charge in [-0.15, -0.1) is 0 Å². The van der Waals surface area contributed by atoms with Crippen LogP contribution in [0.3, 0.4) is 0 Å². The van der Waals surface area contributed by atoms with Crippen LogP contribution in [0.2, 0.25) is 5.02 Å². The maximum absolute atomic E-state index is 12.4. The van der Waals surface area contributed by atoms with Crippen molar-refractivity contribution in [1.29, 1.82) is 0 Å². The van der Waals surface area contributed by atoms with Crippen LogP contribution in [0.4, 0.5) is 5.69 Å². The van der Waals surface area contributed by atoms with E-state index in [2.05, 4.69) is 4.72 Å². The van der Waals surface area contributed by atoms with E-state index in [1.54, 1.807) is 12.1 Å². The summed E-state index contributed by atoms with van der Waals surface area (Å²) in [5, 5.41) is 10.8. The molecule has 0 spiro atoms. The molecule has 0 saturated heterocycles. The average molecular weight is 355 g/mol. The van der Waals surface area contributed by atoms with Crippen LogP contribution in [0.5, 0.6) is 5.75 Å². The first-order valence-corrected chi connectivity index (χ1v) is 8.46. The highest BCUT2D eigenvalue weighted by atomic mass is 35.5. The lowest BCUT2D eigenvalue weighted by Gasteiger charge is -2.12. The molecule has 2 rings (SSSR count). The van der Waals surface area contributed by atoms with E-state index < -0.39 is 16.0 Å². The van der Waals surface area contributed by atoms with Crippen LogP contribution < -0.4 is 14.6 Å². The second kappa shape index (κ2) is 6.89. The maximum Gasteiger partial charge on any atom is 0.263 e. The highest BCUT2D eigenvalue weighted by Crippen LogP contribution is 2.25. The summed E-state index contributed by atoms with van der Waals surface area (Å²) in [6, 6.07) is 9.60. The zero-order valence-corrected chi connectivity index (χ0v) is 13.6. The number of halogens is 1. The van der Waals surface area contributed by atoms with E-state index in [4.69, 9.17) is 16.3 Å². The van der Waals surface area contributed by atoms with Gasteiger partial charge in [-0.1, -0.05) is 17.7 Å². The van der Waals surface area contributed by atoms with Gasteiger partial charge in [0, 0.05) is 5.69 Å². The third-order valence-electron chi connectivity index (χ3n) is 2.87. The Morgan fingerprint density at radius 1 is 1.22 bits per heavy atom. The number of carbonyl (C=O) groups is 1. The normalized spacial score (nSPS) is 11.0. The summed E-state index contributed by atoms with van der Waals surface area (Å²) in [6.45, 7) is 2.33. The number of carboxylic acid groups (broad SMARTS) is 1. The van der Waals surface area contributed by atoms with Gasteiger partial charge in [0.15, 0.2) is 0 Å². The number of hydrogen-bond acceptors (Lipinski definition) is 5. The van der Waals surface area contributed by atoms with Crippen molar-refractivity contribution in [2.45, 2.75) is 11.8 Å². The molecule has 6 nitrogen and oxygen atoms in total. The molecule has 0 amide bonds. The maximum atomic E-state index is 12.4. The fourth-order valence-electron chi connectivity index (χ4n) is 1.83. The van der Waals surface area contributed by atoms with Gasteiger partial charge in [-0.3, -0.25) is 4.72 Å². The summed E-state index contributed by atoms with van der Waals surface area (Å²) >= 11 is 5.87. The number of rotatable bonds is 6. The molecule has 2 aromatic rings. The lowest BCUT2D eigenvalue weighted by molar-refractivity contribution is -0.255. The molecule has 0 bridgehead atoms. The molecular weight excluding hydrogens is 342 g/mol. The molecule has 0 aliphatic carbocycles. The van der Waals surface area contributed by atoms with Crippen molar-refractivity contribution in [2.75, 3.05) is 11.3 Å². The highest BCUT2D eigenvalue weighted by molar-refractivity contribution is 7.92. The van der Waals surface area contributed by atoms with Crippen molar-refractivity contribution in [2.24, 2.45) is 0 Å². The predicted molar refractivity (Wildman–Crippen MR) is 84.2 cm³/mol. The Kier molecular flexibility index (Phi) is 5.12. The van der Waals surface area contributed by atoms with E-state index >= 15 is 0 Å². The molecule has 0 radical (unpaired) electrons. The number of ether oxygens (including phenoxy) is 1. The molecule has 0 atom stereocenters. The molecule has 23 heavy (non-hydrogen) atoms. The van der Waals surface area contributed by atoms with Gasteiger partial charge in [0.2, 0.25) is 0 Å². The monoisotopic (exact) mass is 354 g/mol. The van der Waals surface area contributed by atoms with E-state index in [0.29, 0.717) is 18.0 Å². The Morgan fingerprint density at radius 3 is 2.43 bits per heavy atom. The minimum Gasteiger partial charge on any atom is -0.545 e. The van der Waals surface area contributed by atoms with Crippen molar-refractivity contribution >= 4 is 33.3 Å². The first-order chi connectivity index (χ1) is 10.8. The molecule has 0 aromatic heterocycles. The quantitative estimate of drug-likeness (QED) is 0.854. The van der Waals surface area contributed by atoms with Crippen LogP contribution >= 0.6 is 11.6 Å². The van der Waals surface area contributed by atoms with Crippen LogP contribution in [-0.4, -0.2) is 21.0 Å². The first-order valence-electron chi connectivity index (χ1n) is 6.60. The Hall–Kier alpha value is -2.25. The second-order valence-corrected chi connectivity index (χ2v) is 6.55. The lowest BCUT2D eigenvalue weighted by atomic mass is 10.2. The van der Waals surface area contributed by atoms with Gasteiger partial charge in [0.1, 0.15) is 10.6 Å². The smallest absolute Gasteiger partial charge is 0.263 e. The van der Waals surface area contributed by atoms with Crippen LogP contribution in [0, 0.1) is 0 Å². The molecule has 0 aliphatic heterocycles. The van der Waals surface area contributed by atoms with Crippen LogP contribution in [0.1, 0.15) is 17.3 Å². The molecule has 2 aromatic carbocycles. The van der Waals surface area contributed by atoms with E-state index in [0.717, 1.165) is 6.07 Å². The Balaban J connectivity index is 2.31. The molecule has 0 aliphatic rings. The van der Waals surface area contributed by atoms with Crippen molar-refractivity contribution in [3.8, 4) is 5.75 Å². The summed E-state index contributed by atoms with van der Waals surface area (Å²) < 4.78 is 32.3. The number of carbonyl (C=O) groups excluding carboxylic acids is 1. The SMILES string of the molecule is CCOc1ccc(NS(=O)(=O)c2cc(C(=O)[O-])ccc2Cl)cc1. The number of sulfonamides is 1. The van der Waals surface area contributed by atoms with Crippen LogP contribution in [0.25, 0.3) is 0 Å². The molecule has 1 N–H and O–H groups in total. The van der Waals surface area contributed by atoms with Gasteiger partial charge in [-0.25, -0.2) is 8.42 Å². The predicted octanol–water partition coefficient (Wildman–Crippen LogP) is 1.90. The third kappa shape index (κ3) is 4.14. The largest absolute Gasteiger partial charge is 0.545 e. The fraction of sp³-hybridized carbons (Fsp3) is 0.133. The van der Waals surface area contributed by atoms with E-state index in [-0.39, 0.29) is 15.5 Å². The second-order valence-electron chi connectivity index (χ2n) is 4.50. The van der Waals surface area contributed by atoms with Gasteiger partial charge in [0.25, 0.3) is 10.0 Å². The third-order valence-corrected chi connectivity index (χ3v) is 4.74. The number of anilines is 1. The Bertz CT molecular complexity index is 818. The Labute approximate surface area is 138 Å². The number of benzene rings is 2. The standard InChI is InChI=1S/C15H14ClNO5S/c1-2-22-12-6-4-11(5-7-12)17-23(20,21)14-9-10(15(18)19)3-8-13(14)16/h3-9,17H,2H2,1H3,(H,18,19)/p-1. The molecule has 0 fully saturated rings. The summed E-state index contributed by atoms with van der Waals surface area (Å²) in [4.78, 5) is 10.5. The van der Waals surface area contributed by atoms with Crippen molar-refractivity contribution in [1.82, 2.24) is 0 Å². The zero-order valence-electron chi connectivity index (χ0n) is 12.1. The average Bonchev–Trinajstić information content (AvgIpc) is 2.49. The minimum atomic E-state index is -4.04. The van der Waals surface area contributed by atoms with Crippen LogP contribution in [0.15, 0.2) is 47.4 Å². The van der Waals surface area contributed by atoms with Crippen molar-refractivity contribution < 1.29 is 23.1 Å². The molecule has 122 valence electrons. The number of carboxylic acids is 1. The van der Waals surface area contributed by atoms with Crippen molar-refractivity contribution in [3.63, 3.8) is 0 Å². The lowest BCUT2D eigenvalue weighted by Crippen LogP contribution is -2.23. The molecule has 0 unspecified atom stereocenters. The molecular formula is C15H13ClNO5S-. The Morgan fingerprint density at radius 2 is 1.87 bits per heavy atom. The topological polar surface area (TPSA) is 95.5 Å². The van der Waals surface area contributed by atoms with Gasteiger partial charge in [0.05, 0.1) is 17.6 Å². The summed E-state index contributed by atoms with van der Waals surface area (Å²) in [5.74, 6) is -0.883. The molecule has 0 heterocycles. The molecule has 0 saturated carbocycles. The highest BCUT2D eigenvalue weighted by Gasteiger charge is 2.19. The van der Waals surface area contributed by atoms with Gasteiger partial charge in [-0.05, 0) is 48.9 Å². The summed E-state index contributed by atoms with van der Waals surface area (Å²) in [6.07, 6.45) is 0. The summed E-state index contributed by atoms with van der Waals surface area (Å²) in [7, 11) is -4.04. The zero-order chi connectivity index (χ0) is 17.0. The van der Waals surface area contributed by atoms with Gasteiger partial charge < -0.3 is 14.6 Å². The van der Waals surface area contributed by atoms with E-state index in [1.165, 1.54) is 24.3 Å². The van der Waals surface area contributed by atoms with Gasteiger partial charge >= 0.3 is 0 Å². The van der Waals surface area contributed by atoms with Gasteiger partial charge in [-0.2, -0.15) is 0 Å². The fourth-order valence-corrected chi connectivity index (χ4v) is 3.42. The van der Waals surface area contributed by atoms with E-state index in [1.807, 2.05) is 6.92 Å². The first kappa shape index (κ1) is 17.1. The number of nitrogens with one attached hydrogen (secondary N) is 1. The molecule has 8 heteroatoms. The number of hydrogen-bond donors (Lipinski definition) is 1. The minimum absolute atomic E-state index is 0.0894. The van der Waals surface area contributed by atoms with Crippen LogP contribution in [-0.2, 0) is 10.0 Å². The number of aromatic carboxylic acids is 1. The van der Waals surface area contributed by atoms with Crippen molar-refractivity contribution in [3.05, 3.63) is 53.1 Å².